The molecule has 1 fully saturated rings. The maximum Gasteiger partial charge on any atom is 0.413 e. The second kappa shape index (κ2) is 7.85. The van der Waals surface area contributed by atoms with Gasteiger partial charge in [-0.3, -0.25) is 9.59 Å². The van der Waals surface area contributed by atoms with E-state index in [1.807, 2.05) is 0 Å². The van der Waals surface area contributed by atoms with Gasteiger partial charge in [-0.2, -0.15) is 0 Å². The third kappa shape index (κ3) is 4.15. The van der Waals surface area contributed by atoms with Crippen molar-refractivity contribution in [3.63, 3.8) is 0 Å². The molecule has 1 heterocycles. The average molecular weight is 409 g/mol. The SMILES string of the molecule is O=C(N[C@H]1C(=O)N(c2ccccc2)C[C@H]1C(=O)O)Oc1ccc(Cl)c(Cl)c1. The second-order valence-electron chi connectivity index (χ2n) is 5.82. The fourth-order valence-corrected chi connectivity index (χ4v) is 3.05. The Balaban J connectivity index is 1.75. The predicted octanol–water partition coefficient (Wildman–Crippen LogP) is 3.20. The summed E-state index contributed by atoms with van der Waals surface area (Å²) in [6, 6.07) is 11.6. The van der Waals surface area contributed by atoms with Gasteiger partial charge in [-0.15, -0.1) is 0 Å². The molecule has 0 unspecified atom stereocenters. The lowest BCUT2D eigenvalue weighted by molar-refractivity contribution is -0.142. The number of amides is 2. The molecule has 140 valence electrons. The molecule has 2 aromatic carbocycles. The molecule has 0 saturated carbocycles. The van der Waals surface area contributed by atoms with Crippen molar-refractivity contribution in [2.24, 2.45) is 5.92 Å². The van der Waals surface area contributed by atoms with Gasteiger partial charge in [0.05, 0.1) is 10.0 Å². The molecule has 0 aromatic heterocycles. The summed E-state index contributed by atoms with van der Waals surface area (Å²) in [7, 11) is 0. The van der Waals surface area contributed by atoms with Gasteiger partial charge in [0.15, 0.2) is 0 Å². The summed E-state index contributed by atoms with van der Waals surface area (Å²) in [5, 5.41) is 12.2. The first-order valence-electron chi connectivity index (χ1n) is 7.89. The number of carbonyl (C=O) groups excluding carboxylic acids is 2. The summed E-state index contributed by atoms with van der Waals surface area (Å²) in [5.41, 5.74) is 0.552. The molecular formula is C18H14Cl2N2O5. The van der Waals surface area contributed by atoms with Crippen molar-refractivity contribution in [2.45, 2.75) is 6.04 Å². The van der Waals surface area contributed by atoms with Crippen molar-refractivity contribution in [2.75, 3.05) is 11.4 Å². The Labute approximate surface area is 164 Å². The monoisotopic (exact) mass is 408 g/mol. The molecule has 1 aliphatic rings. The highest BCUT2D eigenvalue weighted by atomic mass is 35.5. The van der Waals surface area contributed by atoms with Crippen LogP contribution in [0.2, 0.25) is 10.0 Å². The van der Waals surface area contributed by atoms with E-state index in [4.69, 9.17) is 27.9 Å². The summed E-state index contributed by atoms with van der Waals surface area (Å²) in [6.45, 7) is -0.0596. The number of carbonyl (C=O) groups is 3. The molecule has 1 saturated heterocycles. The van der Waals surface area contributed by atoms with E-state index in [9.17, 15) is 19.5 Å². The van der Waals surface area contributed by atoms with Crippen molar-refractivity contribution in [3.05, 3.63) is 58.6 Å². The highest BCUT2D eigenvalue weighted by Crippen LogP contribution is 2.28. The largest absolute Gasteiger partial charge is 0.481 e. The van der Waals surface area contributed by atoms with Crippen LogP contribution < -0.4 is 15.0 Å². The van der Waals surface area contributed by atoms with Gasteiger partial charge in [-0.25, -0.2) is 4.79 Å². The number of anilines is 1. The van der Waals surface area contributed by atoms with Crippen molar-refractivity contribution in [1.29, 1.82) is 0 Å². The molecule has 0 bridgehead atoms. The number of halogens is 2. The Morgan fingerprint density at radius 2 is 1.81 bits per heavy atom. The molecule has 2 aromatic rings. The van der Waals surface area contributed by atoms with Crippen LogP contribution in [0.3, 0.4) is 0 Å². The highest BCUT2D eigenvalue weighted by Gasteiger charge is 2.46. The number of ether oxygens (including phenoxy) is 1. The molecule has 27 heavy (non-hydrogen) atoms. The lowest BCUT2D eigenvalue weighted by Gasteiger charge is -2.17. The fourth-order valence-electron chi connectivity index (χ4n) is 2.76. The number of rotatable bonds is 4. The minimum atomic E-state index is -1.25. The predicted molar refractivity (Wildman–Crippen MR) is 99.3 cm³/mol. The van der Waals surface area contributed by atoms with E-state index in [0.717, 1.165) is 0 Å². The van der Waals surface area contributed by atoms with Gasteiger partial charge in [0.25, 0.3) is 5.91 Å². The summed E-state index contributed by atoms with van der Waals surface area (Å²) < 4.78 is 5.07. The van der Waals surface area contributed by atoms with E-state index in [1.54, 1.807) is 30.3 Å². The molecule has 0 spiro atoms. The van der Waals surface area contributed by atoms with E-state index in [0.29, 0.717) is 10.7 Å². The maximum absolute atomic E-state index is 12.7. The zero-order valence-electron chi connectivity index (χ0n) is 13.8. The van der Waals surface area contributed by atoms with Crippen molar-refractivity contribution in [3.8, 4) is 5.75 Å². The van der Waals surface area contributed by atoms with Gasteiger partial charge in [-0.1, -0.05) is 41.4 Å². The zero-order valence-corrected chi connectivity index (χ0v) is 15.3. The van der Waals surface area contributed by atoms with E-state index in [1.165, 1.54) is 23.1 Å². The molecule has 0 aliphatic carbocycles. The minimum Gasteiger partial charge on any atom is -0.481 e. The first-order chi connectivity index (χ1) is 12.9. The molecule has 3 rings (SSSR count). The van der Waals surface area contributed by atoms with Gasteiger partial charge >= 0.3 is 12.1 Å². The topological polar surface area (TPSA) is 95.9 Å². The number of hydrogen-bond donors (Lipinski definition) is 2. The van der Waals surface area contributed by atoms with Crippen LogP contribution in [0, 0.1) is 5.92 Å². The molecule has 7 nitrogen and oxygen atoms in total. The number of para-hydroxylation sites is 1. The Kier molecular flexibility index (Phi) is 5.53. The zero-order chi connectivity index (χ0) is 19.6. The molecule has 2 N–H and O–H groups in total. The summed E-state index contributed by atoms with van der Waals surface area (Å²) in [5.74, 6) is -2.72. The van der Waals surface area contributed by atoms with E-state index in [2.05, 4.69) is 5.32 Å². The van der Waals surface area contributed by atoms with E-state index < -0.39 is 29.9 Å². The Morgan fingerprint density at radius 3 is 2.44 bits per heavy atom. The number of nitrogens with one attached hydrogen (secondary N) is 1. The molecular weight excluding hydrogens is 395 g/mol. The number of hydrogen-bond acceptors (Lipinski definition) is 4. The standard InChI is InChI=1S/C18H14Cl2N2O5/c19-13-7-6-11(8-14(13)20)27-18(26)21-15-12(17(24)25)9-22(16(15)23)10-4-2-1-3-5-10/h1-8,12,15H,9H2,(H,21,26)(H,24,25)/t12-,15-/m1/s1. The van der Waals surface area contributed by atoms with E-state index in [-0.39, 0.29) is 17.3 Å². The minimum absolute atomic E-state index is 0.0596. The number of carboxylic acid groups (broad SMARTS) is 1. The maximum atomic E-state index is 12.7. The molecule has 2 amide bonds. The van der Waals surface area contributed by atoms with Gasteiger partial charge in [0.1, 0.15) is 17.7 Å². The van der Waals surface area contributed by atoms with Gasteiger partial charge < -0.3 is 20.1 Å². The van der Waals surface area contributed by atoms with Crippen molar-refractivity contribution in [1.82, 2.24) is 5.32 Å². The summed E-state index contributed by atoms with van der Waals surface area (Å²) in [4.78, 5) is 37.7. The third-order valence-corrected chi connectivity index (χ3v) is 4.81. The lowest BCUT2D eigenvalue weighted by Crippen LogP contribution is -2.47. The van der Waals surface area contributed by atoms with Crippen LogP contribution in [0.4, 0.5) is 10.5 Å². The van der Waals surface area contributed by atoms with Crippen LogP contribution in [0.1, 0.15) is 0 Å². The quantitative estimate of drug-likeness (QED) is 0.809. The number of carboxylic acids is 1. The van der Waals surface area contributed by atoms with Crippen LogP contribution in [0.25, 0.3) is 0 Å². The first kappa shape index (κ1) is 19.0. The number of nitrogens with zero attached hydrogens (tertiary/aromatic N) is 1. The smallest absolute Gasteiger partial charge is 0.413 e. The molecule has 2 atom stereocenters. The molecule has 0 radical (unpaired) electrons. The van der Waals surface area contributed by atoms with Crippen LogP contribution in [0.15, 0.2) is 48.5 Å². The lowest BCUT2D eigenvalue weighted by atomic mass is 10.0. The number of aliphatic carboxylic acids is 1. The Morgan fingerprint density at radius 1 is 1.11 bits per heavy atom. The van der Waals surface area contributed by atoms with Gasteiger partial charge in [-0.05, 0) is 24.3 Å². The fraction of sp³-hybridized carbons (Fsp3) is 0.167. The van der Waals surface area contributed by atoms with Gasteiger partial charge in [0, 0.05) is 18.3 Å². The van der Waals surface area contributed by atoms with Crippen LogP contribution >= 0.6 is 23.2 Å². The molecule has 9 heteroatoms. The van der Waals surface area contributed by atoms with Crippen LogP contribution in [-0.4, -0.2) is 35.7 Å². The summed E-state index contributed by atoms with van der Waals surface area (Å²) in [6.07, 6.45) is -0.965. The van der Waals surface area contributed by atoms with E-state index >= 15 is 0 Å². The van der Waals surface area contributed by atoms with Crippen LogP contribution in [-0.2, 0) is 9.59 Å². The second-order valence-corrected chi connectivity index (χ2v) is 6.63. The average Bonchev–Trinajstić information content (AvgIpc) is 2.96. The van der Waals surface area contributed by atoms with Crippen molar-refractivity contribution < 1.29 is 24.2 Å². The highest BCUT2D eigenvalue weighted by molar-refractivity contribution is 6.42. The van der Waals surface area contributed by atoms with Crippen LogP contribution in [0.5, 0.6) is 5.75 Å². The Bertz CT molecular complexity index is 891. The normalized spacial score (nSPS) is 19.0. The Hall–Kier alpha value is -2.77. The first-order valence-corrected chi connectivity index (χ1v) is 8.65. The molecule has 1 aliphatic heterocycles. The number of benzene rings is 2. The third-order valence-electron chi connectivity index (χ3n) is 4.07. The van der Waals surface area contributed by atoms with Crippen molar-refractivity contribution >= 4 is 46.9 Å². The summed E-state index contributed by atoms with van der Waals surface area (Å²) >= 11 is 11.7. The van der Waals surface area contributed by atoms with Gasteiger partial charge in [0.2, 0.25) is 0 Å².